The average molecular weight is 196 g/mol. The van der Waals surface area contributed by atoms with Crippen molar-refractivity contribution in [3.05, 3.63) is 37.1 Å². The van der Waals surface area contributed by atoms with Crippen LogP contribution in [0.25, 0.3) is 0 Å². The lowest BCUT2D eigenvalue weighted by Gasteiger charge is -2.06. The van der Waals surface area contributed by atoms with Crippen LogP contribution in [-0.2, 0) is 14.3 Å². The quantitative estimate of drug-likeness (QED) is 0.271. The van der Waals surface area contributed by atoms with E-state index in [-0.39, 0.29) is 12.6 Å². The van der Waals surface area contributed by atoms with Crippen molar-refractivity contribution in [3.63, 3.8) is 0 Å². The number of hydrogen-bond acceptors (Lipinski definition) is 3. The molecule has 0 atom stereocenters. The van der Waals surface area contributed by atoms with Crippen LogP contribution in [0.4, 0.5) is 0 Å². The van der Waals surface area contributed by atoms with Crippen molar-refractivity contribution < 1.29 is 14.3 Å². The minimum atomic E-state index is -0.221. The van der Waals surface area contributed by atoms with E-state index in [4.69, 9.17) is 9.47 Å². The van der Waals surface area contributed by atoms with Crippen LogP contribution in [0.15, 0.2) is 37.1 Å². The molecule has 0 amide bonds. The highest BCUT2D eigenvalue weighted by Crippen LogP contribution is 1.98. The number of rotatable bonds is 7. The maximum absolute atomic E-state index is 10.7. The minimum absolute atomic E-state index is 0.221. The van der Waals surface area contributed by atoms with Crippen LogP contribution in [0.1, 0.15) is 13.3 Å². The van der Waals surface area contributed by atoms with Gasteiger partial charge < -0.3 is 9.47 Å². The van der Waals surface area contributed by atoms with Gasteiger partial charge in [0.2, 0.25) is 0 Å². The number of carbonyl (C=O) groups excluding carboxylic acids is 1. The van der Waals surface area contributed by atoms with E-state index in [1.54, 1.807) is 25.2 Å². The largest absolute Gasteiger partial charge is 0.490 e. The van der Waals surface area contributed by atoms with E-state index in [1.807, 2.05) is 0 Å². The molecule has 0 aliphatic heterocycles. The summed E-state index contributed by atoms with van der Waals surface area (Å²) >= 11 is 0. The molecule has 0 saturated carbocycles. The molecule has 3 nitrogen and oxygen atoms in total. The smallest absolute Gasteiger partial charge is 0.305 e. The summed E-state index contributed by atoms with van der Waals surface area (Å²) in [5.41, 5.74) is 0. The Morgan fingerprint density at radius 2 is 1.93 bits per heavy atom. The number of ether oxygens (including phenoxy) is 2. The summed E-state index contributed by atoms with van der Waals surface area (Å²) in [6.45, 7) is 9.43. The van der Waals surface area contributed by atoms with Crippen LogP contribution in [-0.4, -0.2) is 19.2 Å². The molecule has 78 valence electrons. The summed E-state index contributed by atoms with van der Waals surface area (Å²) < 4.78 is 10.0. The van der Waals surface area contributed by atoms with Crippen LogP contribution < -0.4 is 0 Å². The molecule has 0 aromatic rings. The predicted octanol–water partition coefficient (Wildman–Crippen LogP) is 2.21. The summed E-state index contributed by atoms with van der Waals surface area (Å²) in [5, 5.41) is 0. The van der Waals surface area contributed by atoms with Gasteiger partial charge >= 0.3 is 5.97 Å². The zero-order valence-corrected chi connectivity index (χ0v) is 8.49. The van der Waals surface area contributed by atoms with Gasteiger partial charge in [0.1, 0.15) is 19.0 Å². The molecule has 0 bridgehead atoms. The van der Waals surface area contributed by atoms with Gasteiger partial charge in [-0.15, -0.1) is 0 Å². The van der Waals surface area contributed by atoms with Crippen LogP contribution in [0, 0.1) is 0 Å². The standard InChI is InChI=1S/C11H16O3/c1-4-7-10(5-2)13-8-9-14-11(12)6-3/h4-5,7H,1-2,6,8-9H2,3H3/b10-7+. The van der Waals surface area contributed by atoms with E-state index < -0.39 is 0 Å². The van der Waals surface area contributed by atoms with Crippen molar-refractivity contribution in [3.8, 4) is 0 Å². The van der Waals surface area contributed by atoms with Crippen molar-refractivity contribution in [1.29, 1.82) is 0 Å². The van der Waals surface area contributed by atoms with Crippen molar-refractivity contribution in [2.75, 3.05) is 13.2 Å². The van der Waals surface area contributed by atoms with Gasteiger partial charge in [0.25, 0.3) is 0 Å². The lowest BCUT2D eigenvalue weighted by atomic mass is 10.4. The molecular formula is C11H16O3. The Morgan fingerprint density at radius 3 is 2.43 bits per heavy atom. The minimum Gasteiger partial charge on any atom is -0.490 e. The zero-order valence-electron chi connectivity index (χ0n) is 8.49. The number of hydrogen-bond donors (Lipinski definition) is 0. The normalized spacial score (nSPS) is 10.5. The molecule has 0 radical (unpaired) electrons. The van der Waals surface area contributed by atoms with Gasteiger partial charge in [-0.25, -0.2) is 0 Å². The van der Waals surface area contributed by atoms with Crippen LogP contribution in [0.2, 0.25) is 0 Å². The molecule has 0 N–H and O–H groups in total. The first kappa shape index (κ1) is 12.5. The first-order chi connectivity index (χ1) is 6.74. The van der Waals surface area contributed by atoms with Crippen molar-refractivity contribution in [2.45, 2.75) is 13.3 Å². The van der Waals surface area contributed by atoms with Crippen molar-refractivity contribution >= 4 is 5.97 Å². The molecule has 0 aliphatic rings. The predicted molar refractivity (Wildman–Crippen MR) is 55.7 cm³/mol. The Kier molecular flexibility index (Phi) is 7.23. The summed E-state index contributed by atoms with van der Waals surface area (Å²) in [4.78, 5) is 10.7. The maximum Gasteiger partial charge on any atom is 0.305 e. The van der Waals surface area contributed by atoms with Gasteiger partial charge in [0.05, 0.1) is 0 Å². The summed E-state index contributed by atoms with van der Waals surface area (Å²) in [5.74, 6) is 0.397. The molecule has 0 rings (SSSR count). The molecule has 0 aromatic carbocycles. The SMILES string of the molecule is C=C/C=C(\C=C)OCCOC(=O)CC. The molecule has 14 heavy (non-hydrogen) atoms. The van der Waals surface area contributed by atoms with E-state index in [2.05, 4.69) is 13.2 Å². The highest BCUT2D eigenvalue weighted by Gasteiger charge is 1.97. The van der Waals surface area contributed by atoms with E-state index in [9.17, 15) is 4.79 Å². The van der Waals surface area contributed by atoms with Gasteiger partial charge in [0, 0.05) is 6.42 Å². The van der Waals surface area contributed by atoms with Crippen LogP contribution in [0.3, 0.4) is 0 Å². The number of carbonyl (C=O) groups is 1. The number of allylic oxidation sites excluding steroid dienone is 3. The monoisotopic (exact) mass is 196 g/mol. The summed E-state index contributed by atoms with van der Waals surface area (Å²) in [7, 11) is 0. The third kappa shape index (κ3) is 6.06. The van der Waals surface area contributed by atoms with E-state index in [1.165, 1.54) is 0 Å². The fourth-order valence-electron chi connectivity index (χ4n) is 0.708. The van der Waals surface area contributed by atoms with Gasteiger partial charge in [0.15, 0.2) is 0 Å². The summed E-state index contributed by atoms with van der Waals surface area (Å²) in [6, 6.07) is 0. The van der Waals surface area contributed by atoms with E-state index in [0.29, 0.717) is 18.8 Å². The lowest BCUT2D eigenvalue weighted by Crippen LogP contribution is -2.08. The van der Waals surface area contributed by atoms with Crippen molar-refractivity contribution in [2.24, 2.45) is 0 Å². The molecular weight excluding hydrogens is 180 g/mol. The fraction of sp³-hybridized carbons (Fsp3) is 0.364. The van der Waals surface area contributed by atoms with E-state index >= 15 is 0 Å². The maximum atomic E-state index is 10.7. The molecule has 0 fully saturated rings. The molecule has 0 spiro atoms. The average Bonchev–Trinajstić information content (AvgIpc) is 2.22. The molecule has 0 unspecified atom stereocenters. The Balaban J connectivity index is 3.62. The number of esters is 1. The second-order valence-corrected chi connectivity index (χ2v) is 2.43. The topological polar surface area (TPSA) is 35.5 Å². The van der Waals surface area contributed by atoms with Gasteiger partial charge in [-0.1, -0.05) is 26.2 Å². The molecule has 3 heteroatoms. The van der Waals surface area contributed by atoms with Crippen LogP contribution in [0.5, 0.6) is 0 Å². The molecule has 0 saturated heterocycles. The van der Waals surface area contributed by atoms with Crippen molar-refractivity contribution in [1.82, 2.24) is 0 Å². The third-order valence-electron chi connectivity index (χ3n) is 1.39. The van der Waals surface area contributed by atoms with Gasteiger partial charge in [-0.05, 0) is 12.2 Å². The van der Waals surface area contributed by atoms with E-state index in [0.717, 1.165) is 0 Å². The molecule has 0 heterocycles. The second kappa shape index (κ2) is 8.10. The second-order valence-electron chi connectivity index (χ2n) is 2.43. The molecule has 0 aliphatic carbocycles. The molecule has 0 aromatic heterocycles. The Hall–Kier alpha value is -1.51. The highest BCUT2D eigenvalue weighted by molar-refractivity contribution is 5.68. The van der Waals surface area contributed by atoms with Crippen LogP contribution >= 0.6 is 0 Å². The Labute approximate surface area is 84.7 Å². The lowest BCUT2D eigenvalue weighted by molar-refractivity contribution is -0.144. The zero-order chi connectivity index (χ0) is 10.8. The van der Waals surface area contributed by atoms with Gasteiger partial charge in [-0.3, -0.25) is 4.79 Å². The fourth-order valence-corrected chi connectivity index (χ4v) is 0.708. The Morgan fingerprint density at radius 1 is 1.29 bits per heavy atom. The first-order valence-electron chi connectivity index (χ1n) is 4.48. The summed E-state index contributed by atoms with van der Waals surface area (Å²) in [6.07, 6.45) is 5.25. The first-order valence-corrected chi connectivity index (χ1v) is 4.48. The third-order valence-corrected chi connectivity index (χ3v) is 1.39. The van der Waals surface area contributed by atoms with Gasteiger partial charge in [-0.2, -0.15) is 0 Å². The Bertz CT molecular complexity index is 229. The highest BCUT2D eigenvalue weighted by atomic mass is 16.6.